The van der Waals surface area contributed by atoms with Gasteiger partial charge in [0.2, 0.25) is 0 Å². The molecular formula is C9H18NO2S-. The fraction of sp³-hybridized carbons (Fsp3) is 0.889. The van der Waals surface area contributed by atoms with Gasteiger partial charge in [0.25, 0.3) is 0 Å². The molecule has 0 aromatic carbocycles. The van der Waals surface area contributed by atoms with Crippen LogP contribution in [0.15, 0.2) is 0 Å². The lowest BCUT2D eigenvalue weighted by Crippen LogP contribution is -2.46. The number of carbonyl (C=O) groups excluding carboxylic acids is 1. The zero-order valence-electron chi connectivity index (χ0n) is 8.50. The van der Waals surface area contributed by atoms with Crippen molar-refractivity contribution in [2.45, 2.75) is 26.3 Å². The Hall–Kier alpha value is -0.220. The molecule has 0 aliphatic carbocycles. The van der Waals surface area contributed by atoms with Gasteiger partial charge in [0, 0.05) is 6.04 Å². The number of carbonyl (C=O) groups is 1. The molecule has 78 valence electrons. The number of nitrogens with one attached hydrogen (secondary N) is 1. The second-order valence-electron chi connectivity index (χ2n) is 3.46. The maximum atomic E-state index is 10.6. The molecule has 13 heavy (non-hydrogen) atoms. The van der Waals surface area contributed by atoms with Crippen LogP contribution >= 0.6 is 11.8 Å². The van der Waals surface area contributed by atoms with Gasteiger partial charge in [0.15, 0.2) is 0 Å². The van der Waals surface area contributed by atoms with Gasteiger partial charge in [-0.3, -0.25) is 0 Å². The van der Waals surface area contributed by atoms with Crippen LogP contribution in [0.25, 0.3) is 0 Å². The topological polar surface area (TPSA) is 52.2 Å². The van der Waals surface area contributed by atoms with Crippen molar-refractivity contribution in [3.8, 4) is 0 Å². The molecule has 0 amide bonds. The maximum Gasteiger partial charge on any atom is 0.0584 e. The number of rotatable bonds is 7. The molecule has 0 aromatic rings. The first-order chi connectivity index (χ1) is 6.07. The quantitative estimate of drug-likeness (QED) is 0.639. The van der Waals surface area contributed by atoms with E-state index in [-0.39, 0.29) is 0 Å². The Morgan fingerprint density at radius 1 is 1.54 bits per heavy atom. The third-order valence-electron chi connectivity index (χ3n) is 1.67. The molecule has 4 heteroatoms. The third kappa shape index (κ3) is 6.90. The lowest BCUT2D eigenvalue weighted by Gasteiger charge is -2.20. The Balaban J connectivity index is 3.74. The second-order valence-corrected chi connectivity index (χ2v) is 4.44. The number of hydrogen-bond acceptors (Lipinski definition) is 4. The van der Waals surface area contributed by atoms with Crippen LogP contribution in [-0.2, 0) is 4.79 Å². The van der Waals surface area contributed by atoms with Gasteiger partial charge >= 0.3 is 0 Å². The normalized spacial score (nSPS) is 13.2. The van der Waals surface area contributed by atoms with Crippen molar-refractivity contribution in [2.24, 2.45) is 5.92 Å². The van der Waals surface area contributed by atoms with E-state index in [4.69, 9.17) is 0 Å². The van der Waals surface area contributed by atoms with E-state index in [2.05, 4.69) is 5.32 Å². The zero-order chi connectivity index (χ0) is 10.3. The Morgan fingerprint density at radius 2 is 2.15 bits per heavy atom. The van der Waals surface area contributed by atoms with Crippen molar-refractivity contribution >= 4 is 17.7 Å². The molecule has 0 rings (SSSR count). The molecule has 0 aliphatic heterocycles. The first kappa shape index (κ1) is 12.8. The summed E-state index contributed by atoms with van der Waals surface area (Å²) in [5.74, 6) is 0.329. The first-order valence-corrected chi connectivity index (χ1v) is 5.90. The van der Waals surface area contributed by atoms with E-state index in [1.165, 1.54) is 0 Å². The third-order valence-corrected chi connectivity index (χ3v) is 2.31. The summed E-state index contributed by atoms with van der Waals surface area (Å²) in [5.41, 5.74) is 0. The largest absolute Gasteiger partial charge is 0.548 e. The molecule has 0 heterocycles. The van der Waals surface area contributed by atoms with E-state index in [0.29, 0.717) is 12.3 Å². The maximum absolute atomic E-state index is 10.6. The van der Waals surface area contributed by atoms with Crippen LogP contribution < -0.4 is 10.4 Å². The van der Waals surface area contributed by atoms with Crippen molar-refractivity contribution in [3.05, 3.63) is 0 Å². The van der Waals surface area contributed by atoms with Crippen LogP contribution in [0, 0.1) is 5.92 Å². The molecule has 0 saturated carbocycles. The van der Waals surface area contributed by atoms with Gasteiger partial charge in [-0.05, 0) is 30.9 Å². The van der Waals surface area contributed by atoms with Crippen molar-refractivity contribution in [1.82, 2.24) is 5.32 Å². The number of aliphatic carboxylic acids is 1. The van der Waals surface area contributed by atoms with E-state index >= 15 is 0 Å². The van der Waals surface area contributed by atoms with E-state index in [0.717, 1.165) is 12.3 Å². The molecule has 0 spiro atoms. The van der Waals surface area contributed by atoms with E-state index in [1.807, 2.05) is 20.1 Å². The molecule has 0 saturated heterocycles. The standard InChI is InChI=1S/C9H19NO2S/c1-7(2)6-10-8(9(11)12)4-5-13-3/h7-8,10H,4-6H2,1-3H3,(H,11,12)/p-1. The molecule has 3 nitrogen and oxygen atoms in total. The summed E-state index contributed by atoms with van der Waals surface area (Å²) in [7, 11) is 0. The van der Waals surface area contributed by atoms with E-state index < -0.39 is 12.0 Å². The van der Waals surface area contributed by atoms with Gasteiger partial charge in [-0.1, -0.05) is 13.8 Å². The van der Waals surface area contributed by atoms with Gasteiger partial charge in [0.1, 0.15) is 0 Å². The van der Waals surface area contributed by atoms with Gasteiger partial charge < -0.3 is 15.2 Å². The zero-order valence-corrected chi connectivity index (χ0v) is 9.32. The Kier molecular flexibility index (Phi) is 7.09. The van der Waals surface area contributed by atoms with Crippen molar-refractivity contribution < 1.29 is 9.90 Å². The van der Waals surface area contributed by atoms with Gasteiger partial charge in [-0.2, -0.15) is 11.8 Å². The minimum Gasteiger partial charge on any atom is -0.548 e. The summed E-state index contributed by atoms with van der Waals surface area (Å²) in [5, 5.41) is 13.6. The predicted molar refractivity (Wildman–Crippen MR) is 54.6 cm³/mol. The lowest BCUT2D eigenvalue weighted by molar-refractivity contribution is -0.308. The molecular weight excluding hydrogens is 186 g/mol. The summed E-state index contributed by atoms with van der Waals surface area (Å²) < 4.78 is 0. The van der Waals surface area contributed by atoms with Crippen LogP contribution in [0.3, 0.4) is 0 Å². The molecule has 0 fully saturated rings. The SMILES string of the molecule is CSCCC(NCC(C)C)C(=O)[O-]. The molecule has 1 atom stereocenters. The highest BCUT2D eigenvalue weighted by atomic mass is 32.2. The summed E-state index contributed by atoms with van der Waals surface area (Å²) in [4.78, 5) is 10.6. The highest BCUT2D eigenvalue weighted by Crippen LogP contribution is 2.00. The van der Waals surface area contributed by atoms with Crippen molar-refractivity contribution in [2.75, 3.05) is 18.6 Å². The summed E-state index contributed by atoms with van der Waals surface area (Å²) in [6.45, 7) is 4.83. The molecule has 1 N–H and O–H groups in total. The minimum absolute atomic E-state index is 0.469. The van der Waals surface area contributed by atoms with Gasteiger partial charge in [-0.25, -0.2) is 0 Å². The molecule has 0 aliphatic rings. The van der Waals surface area contributed by atoms with Gasteiger partial charge in [0.05, 0.1) is 5.97 Å². The monoisotopic (exact) mass is 204 g/mol. The average Bonchev–Trinajstić information content (AvgIpc) is 2.03. The Morgan fingerprint density at radius 3 is 2.54 bits per heavy atom. The summed E-state index contributed by atoms with van der Waals surface area (Å²) in [6.07, 6.45) is 2.60. The van der Waals surface area contributed by atoms with Crippen molar-refractivity contribution in [3.63, 3.8) is 0 Å². The van der Waals surface area contributed by atoms with Crippen LogP contribution in [0.2, 0.25) is 0 Å². The summed E-state index contributed by atoms with van der Waals surface area (Å²) in [6, 6.07) is -0.491. The first-order valence-electron chi connectivity index (χ1n) is 4.51. The van der Waals surface area contributed by atoms with E-state index in [9.17, 15) is 9.90 Å². The molecule has 1 unspecified atom stereocenters. The number of thioether (sulfide) groups is 1. The highest BCUT2D eigenvalue weighted by molar-refractivity contribution is 7.98. The Labute approximate surface area is 84.3 Å². The lowest BCUT2D eigenvalue weighted by atomic mass is 10.2. The van der Waals surface area contributed by atoms with Crippen molar-refractivity contribution in [1.29, 1.82) is 0 Å². The molecule has 0 radical (unpaired) electrons. The van der Waals surface area contributed by atoms with Crippen LogP contribution in [0.5, 0.6) is 0 Å². The van der Waals surface area contributed by atoms with Gasteiger partial charge in [-0.15, -0.1) is 0 Å². The smallest absolute Gasteiger partial charge is 0.0584 e. The second kappa shape index (κ2) is 7.21. The number of carboxylic acid groups (broad SMARTS) is 1. The fourth-order valence-electron chi connectivity index (χ4n) is 0.917. The summed E-state index contributed by atoms with van der Waals surface area (Å²) >= 11 is 1.65. The number of hydrogen-bond donors (Lipinski definition) is 1. The average molecular weight is 204 g/mol. The molecule has 0 aromatic heterocycles. The number of carboxylic acids is 1. The Bertz CT molecular complexity index is 151. The van der Waals surface area contributed by atoms with Crippen LogP contribution in [-0.4, -0.2) is 30.6 Å². The van der Waals surface area contributed by atoms with Crippen LogP contribution in [0.1, 0.15) is 20.3 Å². The highest BCUT2D eigenvalue weighted by Gasteiger charge is 2.08. The molecule has 0 bridgehead atoms. The van der Waals surface area contributed by atoms with Crippen LogP contribution in [0.4, 0.5) is 0 Å². The minimum atomic E-state index is -0.991. The predicted octanol–water partition coefficient (Wildman–Crippen LogP) is 0.104. The fourth-order valence-corrected chi connectivity index (χ4v) is 1.39. The van der Waals surface area contributed by atoms with E-state index in [1.54, 1.807) is 11.8 Å².